The van der Waals surface area contributed by atoms with E-state index in [0.29, 0.717) is 0 Å². The third kappa shape index (κ3) is 2.61. The van der Waals surface area contributed by atoms with Gasteiger partial charge in [0.1, 0.15) is 5.82 Å². The van der Waals surface area contributed by atoms with Crippen LogP contribution in [-0.4, -0.2) is 5.91 Å². The summed E-state index contributed by atoms with van der Waals surface area (Å²) < 4.78 is 12.5. The SMILES string of the molecule is [NH-]C(=O)c1ccccc1F.[Na+]. The van der Waals surface area contributed by atoms with Gasteiger partial charge in [-0.05, 0) is 6.07 Å². The molecule has 0 fully saturated rings. The van der Waals surface area contributed by atoms with Gasteiger partial charge in [-0.2, -0.15) is 0 Å². The number of nitrogens with one attached hydrogen (secondary N) is 1. The van der Waals surface area contributed by atoms with Gasteiger partial charge in [0.15, 0.2) is 0 Å². The molecule has 1 aromatic rings. The number of carbonyl (C=O) groups excluding carboxylic acids is 1. The summed E-state index contributed by atoms with van der Waals surface area (Å²) in [6.07, 6.45) is 0. The smallest absolute Gasteiger partial charge is 0.663 e. The standard InChI is InChI=1S/C7H6FNO.Na/c8-6-4-2-1-3-5(6)7(9)10;/h1-4H,(H2,9,10);/q;+1/p-1. The Hall–Kier alpha value is -0.380. The summed E-state index contributed by atoms with van der Waals surface area (Å²) in [6.45, 7) is 0. The molecule has 0 heterocycles. The molecule has 0 saturated heterocycles. The van der Waals surface area contributed by atoms with Crippen LogP contribution in [0.15, 0.2) is 24.3 Å². The first-order chi connectivity index (χ1) is 4.72. The second kappa shape index (κ2) is 4.49. The summed E-state index contributed by atoms with van der Waals surface area (Å²) in [5, 5.41) is 0. The van der Waals surface area contributed by atoms with E-state index in [1.807, 2.05) is 0 Å². The molecule has 2 nitrogen and oxygen atoms in total. The second-order valence-corrected chi connectivity index (χ2v) is 1.81. The number of benzene rings is 1. The van der Waals surface area contributed by atoms with Crippen LogP contribution in [0.25, 0.3) is 5.73 Å². The van der Waals surface area contributed by atoms with Gasteiger partial charge in [-0.15, -0.1) is 0 Å². The van der Waals surface area contributed by atoms with Gasteiger partial charge in [-0.3, -0.25) is 0 Å². The summed E-state index contributed by atoms with van der Waals surface area (Å²) in [7, 11) is 0. The Kier molecular flexibility index (Phi) is 4.33. The molecular formula is C7H5FNNaO. The fourth-order valence-electron chi connectivity index (χ4n) is 0.645. The number of halogens is 1. The molecule has 0 spiro atoms. The number of hydrogen-bond acceptors (Lipinski definition) is 1. The molecule has 0 aliphatic carbocycles. The molecule has 0 atom stereocenters. The molecule has 1 amide bonds. The van der Waals surface area contributed by atoms with Gasteiger partial charge >= 0.3 is 29.6 Å². The third-order valence-electron chi connectivity index (χ3n) is 1.12. The predicted molar refractivity (Wildman–Crippen MR) is 35.1 cm³/mol. The Labute approximate surface area is 85.9 Å². The largest absolute Gasteiger partial charge is 1.00 e. The van der Waals surface area contributed by atoms with Crippen LogP contribution in [0.2, 0.25) is 0 Å². The van der Waals surface area contributed by atoms with E-state index < -0.39 is 11.7 Å². The van der Waals surface area contributed by atoms with Crippen LogP contribution < -0.4 is 29.6 Å². The normalized spacial score (nSPS) is 8.45. The first kappa shape index (κ1) is 10.6. The Morgan fingerprint density at radius 3 is 2.27 bits per heavy atom. The zero-order valence-electron chi connectivity index (χ0n) is 6.10. The molecule has 0 aliphatic heterocycles. The van der Waals surface area contributed by atoms with Crippen LogP contribution in [0.1, 0.15) is 10.4 Å². The Morgan fingerprint density at radius 2 is 1.91 bits per heavy atom. The van der Waals surface area contributed by atoms with Crippen molar-refractivity contribution in [2.45, 2.75) is 0 Å². The summed E-state index contributed by atoms with van der Waals surface area (Å²) in [5.74, 6) is -1.62. The maximum absolute atomic E-state index is 12.5. The van der Waals surface area contributed by atoms with E-state index in [-0.39, 0.29) is 35.1 Å². The minimum Gasteiger partial charge on any atom is -0.663 e. The van der Waals surface area contributed by atoms with Crippen LogP contribution in [0.3, 0.4) is 0 Å². The van der Waals surface area contributed by atoms with Crippen molar-refractivity contribution in [1.82, 2.24) is 0 Å². The molecule has 0 saturated carbocycles. The summed E-state index contributed by atoms with van der Waals surface area (Å²) >= 11 is 0. The van der Waals surface area contributed by atoms with Crippen molar-refractivity contribution in [2.24, 2.45) is 0 Å². The average molecular weight is 161 g/mol. The minimum atomic E-state index is -0.988. The first-order valence-electron chi connectivity index (χ1n) is 2.72. The third-order valence-corrected chi connectivity index (χ3v) is 1.12. The second-order valence-electron chi connectivity index (χ2n) is 1.81. The molecule has 0 bridgehead atoms. The molecule has 0 radical (unpaired) electrons. The van der Waals surface area contributed by atoms with Crippen molar-refractivity contribution < 1.29 is 38.7 Å². The molecular weight excluding hydrogens is 156 g/mol. The molecule has 0 aliphatic rings. The number of amides is 1. The molecule has 11 heavy (non-hydrogen) atoms. The zero-order chi connectivity index (χ0) is 7.56. The van der Waals surface area contributed by atoms with Gasteiger partial charge in [0.05, 0.1) is 5.91 Å². The average Bonchev–Trinajstić information content (AvgIpc) is 1.88. The van der Waals surface area contributed by atoms with E-state index in [0.717, 1.165) is 6.07 Å². The summed E-state index contributed by atoms with van der Waals surface area (Å²) in [6, 6.07) is 5.43. The van der Waals surface area contributed by atoms with E-state index in [1.54, 1.807) is 0 Å². The van der Waals surface area contributed by atoms with Crippen molar-refractivity contribution >= 4 is 5.91 Å². The zero-order valence-corrected chi connectivity index (χ0v) is 8.10. The number of carbonyl (C=O) groups is 1. The van der Waals surface area contributed by atoms with Crippen molar-refractivity contribution in [1.29, 1.82) is 0 Å². The van der Waals surface area contributed by atoms with E-state index in [4.69, 9.17) is 5.73 Å². The van der Waals surface area contributed by atoms with Crippen molar-refractivity contribution in [3.8, 4) is 0 Å². The van der Waals surface area contributed by atoms with Crippen LogP contribution in [0, 0.1) is 5.82 Å². The molecule has 1 rings (SSSR count). The Morgan fingerprint density at radius 1 is 1.36 bits per heavy atom. The maximum Gasteiger partial charge on any atom is 1.00 e. The first-order valence-corrected chi connectivity index (χ1v) is 2.72. The summed E-state index contributed by atoms with van der Waals surface area (Å²) in [5.41, 5.74) is 6.40. The van der Waals surface area contributed by atoms with Crippen molar-refractivity contribution in [3.05, 3.63) is 41.4 Å². The minimum absolute atomic E-state index is 0. The van der Waals surface area contributed by atoms with Crippen LogP contribution in [0.4, 0.5) is 4.39 Å². The van der Waals surface area contributed by atoms with Crippen LogP contribution >= 0.6 is 0 Å². The van der Waals surface area contributed by atoms with E-state index in [9.17, 15) is 9.18 Å². The molecule has 52 valence electrons. The number of rotatable bonds is 1. The quantitative estimate of drug-likeness (QED) is 0.488. The van der Waals surface area contributed by atoms with Crippen LogP contribution in [-0.2, 0) is 0 Å². The maximum atomic E-state index is 12.5. The van der Waals surface area contributed by atoms with Gasteiger partial charge < -0.3 is 10.5 Å². The van der Waals surface area contributed by atoms with Gasteiger partial charge in [-0.1, -0.05) is 18.2 Å². The van der Waals surface area contributed by atoms with Gasteiger partial charge in [0.25, 0.3) is 0 Å². The topological polar surface area (TPSA) is 40.9 Å². The van der Waals surface area contributed by atoms with Gasteiger partial charge in [0.2, 0.25) is 0 Å². The molecule has 0 unspecified atom stereocenters. The fraction of sp³-hybridized carbons (Fsp3) is 0. The predicted octanol–water partition coefficient (Wildman–Crippen LogP) is -0.978. The van der Waals surface area contributed by atoms with Gasteiger partial charge in [-0.25, -0.2) is 4.39 Å². The van der Waals surface area contributed by atoms with E-state index in [2.05, 4.69) is 0 Å². The molecule has 4 heteroatoms. The number of hydrogen-bond donors (Lipinski definition) is 0. The van der Waals surface area contributed by atoms with E-state index >= 15 is 0 Å². The van der Waals surface area contributed by atoms with Crippen molar-refractivity contribution in [2.75, 3.05) is 0 Å². The van der Waals surface area contributed by atoms with Crippen LogP contribution in [0.5, 0.6) is 0 Å². The fourth-order valence-corrected chi connectivity index (χ4v) is 0.645. The van der Waals surface area contributed by atoms with E-state index in [1.165, 1.54) is 18.2 Å². The molecule has 0 aromatic heterocycles. The van der Waals surface area contributed by atoms with Gasteiger partial charge in [0, 0.05) is 5.56 Å². The van der Waals surface area contributed by atoms with Crippen molar-refractivity contribution in [3.63, 3.8) is 0 Å². The monoisotopic (exact) mass is 161 g/mol. The summed E-state index contributed by atoms with van der Waals surface area (Å²) in [4.78, 5) is 10.3. The Balaban J connectivity index is 0.000001000. The molecule has 1 aromatic carbocycles. The molecule has 1 N–H and O–H groups in total. The Bertz CT molecular complexity index is 264.